The predicted octanol–water partition coefficient (Wildman–Crippen LogP) is 1.40. The van der Waals surface area contributed by atoms with E-state index in [0.29, 0.717) is 11.9 Å². The van der Waals surface area contributed by atoms with Crippen molar-refractivity contribution in [3.05, 3.63) is 24.3 Å². The number of piperidine rings is 1. The van der Waals surface area contributed by atoms with E-state index < -0.39 is 0 Å². The molecule has 1 aliphatic heterocycles. The van der Waals surface area contributed by atoms with Crippen molar-refractivity contribution in [3.63, 3.8) is 0 Å². The zero-order valence-corrected chi connectivity index (χ0v) is 11.1. The lowest BCUT2D eigenvalue weighted by atomic mass is 10.1. The largest absolute Gasteiger partial charge is 0.381 e. The van der Waals surface area contributed by atoms with Gasteiger partial charge in [-0.05, 0) is 31.5 Å². The molecule has 1 saturated heterocycles. The molecule has 100 valence electrons. The van der Waals surface area contributed by atoms with Gasteiger partial charge < -0.3 is 16.0 Å². The smallest absolute Gasteiger partial charge is 0.172 e. The Morgan fingerprint density at radius 3 is 2.68 bits per heavy atom. The van der Waals surface area contributed by atoms with Crippen LogP contribution in [0.4, 0.5) is 11.6 Å². The minimum Gasteiger partial charge on any atom is -0.381 e. The summed E-state index contributed by atoms with van der Waals surface area (Å²) in [5.41, 5.74) is 7.80. The molecule has 2 aromatic rings. The van der Waals surface area contributed by atoms with Gasteiger partial charge in [-0.15, -0.1) is 0 Å². The van der Waals surface area contributed by atoms with Crippen molar-refractivity contribution in [2.75, 3.05) is 30.8 Å². The van der Waals surface area contributed by atoms with Gasteiger partial charge in [-0.2, -0.15) is 0 Å². The van der Waals surface area contributed by atoms with Crippen LogP contribution in [0.25, 0.3) is 11.0 Å². The van der Waals surface area contributed by atoms with Gasteiger partial charge in [-0.1, -0.05) is 12.1 Å². The standard InChI is InChI=1S/C14H19N5/c1-19(10-5-4-8-16-9-10)14-13(15)17-11-6-2-3-7-12(11)18-14/h2-3,6-7,10,16H,4-5,8-9H2,1H3,(H2,15,17)/t10-/m0/s1. The molecule has 1 fully saturated rings. The molecule has 1 aromatic heterocycles. The van der Waals surface area contributed by atoms with Gasteiger partial charge in [-0.3, -0.25) is 0 Å². The Kier molecular flexibility index (Phi) is 3.21. The lowest BCUT2D eigenvalue weighted by molar-refractivity contribution is 0.443. The number of hydrogen-bond donors (Lipinski definition) is 2. The molecule has 1 atom stereocenters. The quantitative estimate of drug-likeness (QED) is 0.851. The van der Waals surface area contributed by atoms with Crippen molar-refractivity contribution >= 4 is 22.7 Å². The summed E-state index contributed by atoms with van der Waals surface area (Å²) in [6.07, 6.45) is 2.35. The van der Waals surface area contributed by atoms with Crippen LogP contribution < -0.4 is 16.0 Å². The topological polar surface area (TPSA) is 67.1 Å². The minimum atomic E-state index is 0.437. The predicted molar refractivity (Wildman–Crippen MR) is 78.2 cm³/mol. The average Bonchev–Trinajstić information content (AvgIpc) is 2.47. The van der Waals surface area contributed by atoms with Crippen molar-refractivity contribution in [1.82, 2.24) is 15.3 Å². The van der Waals surface area contributed by atoms with Crippen LogP contribution in [0.1, 0.15) is 12.8 Å². The highest BCUT2D eigenvalue weighted by Gasteiger charge is 2.21. The lowest BCUT2D eigenvalue weighted by Gasteiger charge is -2.32. The number of fused-ring (bicyclic) bond motifs is 1. The lowest BCUT2D eigenvalue weighted by Crippen LogP contribution is -2.44. The third-order valence-electron chi connectivity index (χ3n) is 3.73. The number of nitrogens with one attached hydrogen (secondary N) is 1. The Morgan fingerprint density at radius 2 is 2.00 bits per heavy atom. The molecule has 1 aromatic carbocycles. The van der Waals surface area contributed by atoms with E-state index in [1.165, 1.54) is 6.42 Å². The summed E-state index contributed by atoms with van der Waals surface area (Å²) in [5.74, 6) is 1.29. The van der Waals surface area contributed by atoms with E-state index in [1.807, 2.05) is 31.3 Å². The summed E-state index contributed by atoms with van der Waals surface area (Å²) in [6, 6.07) is 8.26. The number of aromatic nitrogens is 2. The van der Waals surface area contributed by atoms with E-state index in [4.69, 9.17) is 5.73 Å². The highest BCUT2D eigenvalue weighted by atomic mass is 15.2. The fourth-order valence-electron chi connectivity index (χ4n) is 2.60. The first-order valence-corrected chi connectivity index (χ1v) is 6.71. The van der Waals surface area contributed by atoms with E-state index in [-0.39, 0.29) is 0 Å². The van der Waals surface area contributed by atoms with Crippen LogP contribution in [-0.2, 0) is 0 Å². The average molecular weight is 257 g/mol. The first-order valence-electron chi connectivity index (χ1n) is 6.71. The molecule has 3 rings (SSSR count). The SMILES string of the molecule is CN(c1nc2ccccc2nc1N)[C@H]1CCCNC1. The maximum Gasteiger partial charge on any atom is 0.172 e. The Morgan fingerprint density at radius 1 is 1.26 bits per heavy atom. The van der Waals surface area contributed by atoms with Crippen LogP contribution in [0.3, 0.4) is 0 Å². The minimum absolute atomic E-state index is 0.437. The number of nitrogens with two attached hydrogens (primary N) is 1. The molecule has 3 N–H and O–H groups in total. The van der Waals surface area contributed by atoms with Crippen LogP contribution in [-0.4, -0.2) is 36.1 Å². The van der Waals surface area contributed by atoms with Crippen molar-refractivity contribution in [2.45, 2.75) is 18.9 Å². The molecule has 0 amide bonds. The van der Waals surface area contributed by atoms with Gasteiger partial charge in [0.15, 0.2) is 11.6 Å². The van der Waals surface area contributed by atoms with E-state index >= 15 is 0 Å². The Balaban J connectivity index is 1.96. The molecule has 0 unspecified atom stereocenters. The van der Waals surface area contributed by atoms with Gasteiger partial charge in [0.2, 0.25) is 0 Å². The number of benzene rings is 1. The Hall–Kier alpha value is -1.88. The van der Waals surface area contributed by atoms with Gasteiger partial charge >= 0.3 is 0 Å². The molecule has 1 aliphatic rings. The molecule has 0 saturated carbocycles. The first-order chi connectivity index (χ1) is 9.25. The zero-order valence-electron chi connectivity index (χ0n) is 11.1. The molecule has 0 bridgehead atoms. The fraction of sp³-hybridized carbons (Fsp3) is 0.429. The normalized spacial score (nSPS) is 19.5. The van der Waals surface area contributed by atoms with Gasteiger partial charge in [-0.25, -0.2) is 9.97 Å². The Bertz CT molecular complexity index is 577. The van der Waals surface area contributed by atoms with E-state index in [1.54, 1.807) is 0 Å². The number of rotatable bonds is 2. The van der Waals surface area contributed by atoms with Crippen molar-refractivity contribution in [2.24, 2.45) is 0 Å². The molecular formula is C14H19N5. The number of nitrogens with zero attached hydrogens (tertiary/aromatic N) is 3. The third kappa shape index (κ3) is 2.33. The number of para-hydroxylation sites is 2. The highest BCUT2D eigenvalue weighted by molar-refractivity contribution is 5.79. The van der Waals surface area contributed by atoms with Gasteiger partial charge in [0.25, 0.3) is 0 Å². The monoisotopic (exact) mass is 257 g/mol. The number of hydrogen-bond acceptors (Lipinski definition) is 5. The second-order valence-corrected chi connectivity index (χ2v) is 5.03. The number of likely N-dealkylation sites (N-methyl/N-ethyl adjacent to an activating group) is 1. The summed E-state index contributed by atoms with van der Waals surface area (Å²) in [5, 5.41) is 3.41. The van der Waals surface area contributed by atoms with Crippen LogP contribution >= 0.6 is 0 Å². The second-order valence-electron chi connectivity index (χ2n) is 5.03. The third-order valence-corrected chi connectivity index (χ3v) is 3.73. The highest BCUT2D eigenvalue weighted by Crippen LogP contribution is 2.24. The molecule has 19 heavy (non-hydrogen) atoms. The fourth-order valence-corrected chi connectivity index (χ4v) is 2.60. The molecule has 0 aliphatic carbocycles. The molecule has 0 radical (unpaired) electrons. The first kappa shape index (κ1) is 12.2. The van der Waals surface area contributed by atoms with E-state index in [0.717, 1.165) is 36.4 Å². The summed E-state index contributed by atoms with van der Waals surface area (Å²) in [6.45, 7) is 2.08. The summed E-state index contributed by atoms with van der Waals surface area (Å²) in [4.78, 5) is 11.3. The zero-order chi connectivity index (χ0) is 13.2. The van der Waals surface area contributed by atoms with Crippen LogP contribution in [0, 0.1) is 0 Å². The summed E-state index contributed by atoms with van der Waals surface area (Å²) >= 11 is 0. The van der Waals surface area contributed by atoms with Crippen LogP contribution in [0.15, 0.2) is 24.3 Å². The number of anilines is 2. The van der Waals surface area contributed by atoms with Gasteiger partial charge in [0.05, 0.1) is 11.0 Å². The van der Waals surface area contributed by atoms with Crippen molar-refractivity contribution in [3.8, 4) is 0 Å². The summed E-state index contributed by atoms with van der Waals surface area (Å²) < 4.78 is 0. The van der Waals surface area contributed by atoms with E-state index in [9.17, 15) is 0 Å². The van der Waals surface area contributed by atoms with Crippen molar-refractivity contribution in [1.29, 1.82) is 0 Å². The maximum absolute atomic E-state index is 6.06. The van der Waals surface area contributed by atoms with Gasteiger partial charge in [0.1, 0.15) is 0 Å². The Labute approximate surface area is 112 Å². The second kappa shape index (κ2) is 5.01. The molecule has 0 spiro atoms. The molecule has 5 heteroatoms. The molecular weight excluding hydrogens is 238 g/mol. The van der Waals surface area contributed by atoms with Crippen molar-refractivity contribution < 1.29 is 0 Å². The molecule has 2 heterocycles. The maximum atomic E-state index is 6.06. The van der Waals surface area contributed by atoms with Crippen LogP contribution in [0.2, 0.25) is 0 Å². The van der Waals surface area contributed by atoms with E-state index in [2.05, 4.69) is 20.2 Å². The van der Waals surface area contributed by atoms with Gasteiger partial charge in [0, 0.05) is 19.6 Å². The summed E-state index contributed by atoms with van der Waals surface area (Å²) in [7, 11) is 2.05. The molecule has 5 nitrogen and oxygen atoms in total. The van der Waals surface area contributed by atoms with Crippen LogP contribution in [0.5, 0.6) is 0 Å². The number of nitrogen functional groups attached to an aromatic ring is 1.